The average molecular weight is 254 g/mol. The van der Waals surface area contributed by atoms with Crippen LogP contribution in [-0.2, 0) is 4.79 Å². The number of nitrogens with zero attached hydrogens (tertiary/aromatic N) is 1. The van der Waals surface area contributed by atoms with E-state index in [1.54, 1.807) is 6.92 Å². The largest absolute Gasteiger partial charge is 0.487 e. The van der Waals surface area contributed by atoms with Gasteiger partial charge in [0, 0.05) is 17.8 Å². The van der Waals surface area contributed by atoms with Crippen LogP contribution < -0.4 is 10.1 Å². The summed E-state index contributed by atoms with van der Waals surface area (Å²) in [6, 6.07) is 3.35. The summed E-state index contributed by atoms with van der Waals surface area (Å²) in [5, 5.41) is 22.2. The molecule has 0 aliphatic heterocycles. The molecular weight excluding hydrogens is 240 g/mol. The lowest BCUT2D eigenvalue weighted by Crippen LogP contribution is -2.25. The lowest BCUT2D eigenvalue weighted by Gasteiger charge is -2.12. The van der Waals surface area contributed by atoms with Gasteiger partial charge in [0.25, 0.3) is 0 Å². The quantitative estimate of drug-likeness (QED) is 0.593. The van der Waals surface area contributed by atoms with Gasteiger partial charge in [-0.25, -0.2) is 0 Å². The minimum absolute atomic E-state index is 0.116. The molecule has 0 bridgehead atoms. The molecule has 18 heavy (non-hydrogen) atoms. The zero-order valence-corrected chi connectivity index (χ0v) is 10.0. The van der Waals surface area contributed by atoms with Gasteiger partial charge in [-0.2, -0.15) is 0 Å². The van der Waals surface area contributed by atoms with Gasteiger partial charge in [0.15, 0.2) is 5.75 Å². The summed E-state index contributed by atoms with van der Waals surface area (Å²) in [7, 11) is 0. The second-order valence-electron chi connectivity index (χ2n) is 3.58. The third-order valence-corrected chi connectivity index (χ3v) is 2.21. The highest BCUT2D eigenvalue weighted by Crippen LogP contribution is 2.30. The van der Waals surface area contributed by atoms with Gasteiger partial charge in [-0.1, -0.05) is 0 Å². The molecule has 0 unspecified atom stereocenters. The van der Waals surface area contributed by atoms with E-state index in [9.17, 15) is 14.9 Å². The summed E-state index contributed by atoms with van der Waals surface area (Å²) in [6.07, 6.45) is 0. The fourth-order valence-electron chi connectivity index (χ4n) is 1.34. The van der Waals surface area contributed by atoms with E-state index < -0.39 is 16.9 Å². The molecule has 98 valence electrons. The van der Waals surface area contributed by atoms with Crippen LogP contribution in [0.1, 0.15) is 13.8 Å². The number of benzene rings is 1. The van der Waals surface area contributed by atoms with Crippen LogP contribution in [0.4, 0.5) is 11.4 Å². The molecule has 0 aromatic heterocycles. The van der Waals surface area contributed by atoms with E-state index in [4.69, 9.17) is 9.84 Å². The molecule has 0 saturated heterocycles. The van der Waals surface area contributed by atoms with E-state index in [0.29, 0.717) is 12.3 Å². The van der Waals surface area contributed by atoms with Crippen LogP contribution in [0.25, 0.3) is 0 Å². The molecule has 7 heteroatoms. The number of rotatable bonds is 6. The van der Waals surface area contributed by atoms with Crippen molar-refractivity contribution >= 4 is 17.3 Å². The molecule has 0 radical (unpaired) electrons. The summed E-state index contributed by atoms with van der Waals surface area (Å²) >= 11 is 0. The molecule has 0 amide bonds. The van der Waals surface area contributed by atoms with Gasteiger partial charge < -0.3 is 15.2 Å². The number of nitrogens with one attached hydrogen (secondary N) is 1. The van der Waals surface area contributed by atoms with Gasteiger partial charge in [0.1, 0.15) is 6.04 Å². The van der Waals surface area contributed by atoms with E-state index in [-0.39, 0.29) is 11.4 Å². The predicted octanol–water partition coefficient (Wildman–Crippen LogP) is 1.88. The summed E-state index contributed by atoms with van der Waals surface area (Å²) in [5.74, 6) is -0.892. The van der Waals surface area contributed by atoms with Crippen LogP contribution in [0.2, 0.25) is 0 Å². The zero-order chi connectivity index (χ0) is 13.7. The minimum Gasteiger partial charge on any atom is -0.487 e. The lowest BCUT2D eigenvalue weighted by molar-refractivity contribution is -0.385. The van der Waals surface area contributed by atoms with Crippen molar-refractivity contribution in [3.63, 3.8) is 0 Å². The molecule has 0 spiro atoms. The standard InChI is InChI=1S/C11H14N2O5/c1-3-18-10-6-8(12-7(2)11(14)15)4-5-9(10)13(16)17/h4-7,12H,3H2,1-2H3,(H,14,15)/t7-/m1/s1. The number of anilines is 1. The zero-order valence-electron chi connectivity index (χ0n) is 10.0. The Morgan fingerprint density at radius 1 is 1.61 bits per heavy atom. The first kappa shape index (κ1) is 13.8. The number of ether oxygens (including phenoxy) is 1. The third-order valence-electron chi connectivity index (χ3n) is 2.21. The Morgan fingerprint density at radius 3 is 2.78 bits per heavy atom. The van der Waals surface area contributed by atoms with Crippen LogP contribution in [0, 0.1) is 10.1 Å². The smallest absolute Gasteiger partial charge is 0.325 e. The number of nitro benzene ring substituents is 1. The van der Waals surface area contributed by atoms with E-state index in [2.05, 4.69) is 5.32 Å². The van der Waals surface area contributed by atoms with Crippen LogP contribution in [0.3, 0.4) is 0 Å². The van der Waals surface area contributed by atoms with Gasteiger partial charge in [0.05, 0.1) is 11.5 Å². The number of carboxylic acid groups (broad SMARTS) is 1. The van der Waals surface area contributed by atoms with Crippen LogP contribution in [-0.4, -0.2) is 28.6 Å². The van der Waals surface area contributed by atoms with Crippen molar-refractivity contribution in [2.24, 2.45) is 0 Å². The number of hydrogen-bond acceptors (Lipinski definition) is 5. The molecular formula is C11H14N2O5. The Hall–Kier alpha value is -2.31. The molecule has 0 saturated carbocycles. The monoisotopic (exact) mass is 254 g/mol. The maximum absolute atomic E-state index is 10.7. The van der Waals surface area contributed by atoms with Crippen molar-refractivity contribution in [1.29, 1.82) is 0 Å². The van der Waals surface area contributed by atoms with E-state index in [1.807, 2.05) is 0 Å². The lowest BCUT2D eigenvalue weighted by atomic mass is 10.2. The molecule has 1 rings (SSSR count). The van der Waals surface area contributed by atoms with Crippen LogP contribution >= 0.6 is 0 Å². The molecule has 0 aliphatic rings. The Bertz CT molecular complexity index is 461. The van der Waals surface area contributed by atoms with Gasteiger partial charge in [-0.05, 0) is 19.9 Å². The maximum atomic E-state index is 10.7. The average Bonchev–Trinajstić information content (AvgIpc) is 2.29. The first-order valence-electron chi connectivity index (χ1n) is 5.36. The predicted molar refractivity (Wildman–Crippen MR) is 65.0 cm³/mol. The first-order valence-corrected chi connectivity index (χ1v) is 5.36. The summed E-state index contributed by atoms with van der Waals surface area (Å²) < 4.78 is 5.15. The SMILES string of the molecule is CCOc1cc(N[C@H](C)C(=O)O)ccc1[N+](=O)[O-]. The topological polar surface area (TPSA) is 102 Å². The Balaban J connectivity index is 2.99. The second kappa shape index (κ2) is 5.85. The molecule has 7 nitrogen and oxygen atoms in total. The molecule has 2 N–H and O–H groups in total. The number of aliphatic carboxylic acids is 1. The van der Waals surface area contributed by atoms with Crippen molar-refractivity contribution in [2.75, 3.05) is 11.9 Å². The van der Waals surface area contributed by atoms with Gasteiger partial charge >= 0.3 is 11.7 Å². The molecule has 0 aliphatic carbocycles. The maximum Gasteiger partial charge on any atom is 0.325 e. The summed E-state index contributed by atoms with van der Waals surface area (Å²) in [4.78, 5) is 20.9. The van der Waals surface area contributed by atoms with Crippen LogP contribution in [0.5, 0.6) is 5.75 Å². The van der Waals surface area contributed by atoms with Crippen molar-refractivity contribution < 1.29 is 19.6 Å². The van der Waals surface area contributed by atoms with Crippen molar-refractivity contribution in [2.45, 2.75) is 19.9 Å². The number of carboxylic acids is 1. The molecule has 1 aromatic rings. The number of carbonyl (C=O) groups is 1. The molecule has 1 aromatic carbocycles. The minimum atomic E-state index is -1.01. The highest BCUT2D eigenvalue weighted by Gasteiger charge is 2.17. The van der Waals surface area contributed by atoms with Crippen molar-refractivity contribution in [1.82, 2.24) is 0 Å². The van der Waals surface area contributed by atoms with E-state index >= 15 is 0 Å². The summed E-state index contributed by atoms with van der Waals surface area (Å²) in [5.41, 5.74) is 0.310. The number of hydrogen-bond donors (Lipinski definition) is 2. The Morgan fingerprint density at radius 2 is 2.28 bits per heavy atom. The van der Waals surface area contributed by atoms with Crippen LogP contribution in [0.15, 0.2) is 18.2 Å². The van der Waals surface area contributed by atoms with E-state index in [1.165, 1.54) is 25.1 Å². The molecule has 0 fully saturated rings. The van der Waals surface area contributed by atoms with Crippen molar-refractivity contribution in [3.05, 3.63) is 28.3 Å². The highest BCUT2D eigenvalue weighted by atomic mass is 16.6. The van der Waals surface area contributed by atoms with Gasteiger partial charge in [-0.15, -0.1) is 0 Å². The fraction of sp³-hybridized carbons (Fsp3) is 0.364. The van der Waals surface area contributed by atoms with Gasteiger partial charge in [0.2, 0.25) is 0 Å². The fourth-order valence-corrected chi connectivity index (χ4v) is 1.34. The molecule has 1 atom stereocenters. The number of nitro groups is 1. The highest BCUT2D eigenvalue weighted by molar-refractivity contribution is 5.77. The second-order valence-corrected chi connectivity index (χ2v) is 3.58. The molecule has 0 heterocycles. The first-order chi connectivity index (χ1) is 8.45. The normalized spacial score (nSPS) is 11.7. The Kier molecular flexibility index (Phi) is 4.47. The van der Waals surface area contributed by atoms with Crippen molar-refractivity contribution in [3.8, 4) is 5.75 Å². The third kappa shape index (κ3) is 3.34. The van der Waals surface area contributed by atoms with Gasteiger partial charge in [-0.3, -0.25) is 14.9 Å². The Labute approximate surface area is 104 Å². The summed E-state index contributed by atoms with van der Waals surface area (Å²) in [6.45, 7) is 3.48. The van der Waals surface area contributed by atoms with E-state index in [0.717, 1.165) is 0 Å².